The van der Waals surface area contributed by atoms with Gasteiger partial charge in [-0.05, 0) is 30.3 Å². The van der Waals surface area contributed by atoms with Crippen LogP contribution in [0, 0.1) is 11.3 Å². The van der Waals surface area contributed by atoms with Crippen molar-refractivity contribution in [2.24, 2.45) is 0 Å². The minimum atomic E-state index is -0.368. The summed E-state index contributed by atoms with van der Waals surface area (Å²) >= 11 is 1.17. The molecule has 0 saturated heterocycles. The fraction of sp³-hybridized carbons (Fsp3) is 0.200. The van der Waals surface area contributed by atoms with Crippen LogP contribution in [0.15, 0.2) is 41.6 Å². The van der Waals surface area contributed by atoms with Gasteiger partial charge in [-0.2, -0.15) is 5.26 Å². The van der Waals surface area contributed by atoms with E-state index in [1.165, 1.54) is 18.9 Å². The molecule has 0 saturated carbocycles. The number of aromatic nitrogens is 2. The van der Waals surface area contributed by atoms with Gasteiger partial charge >= 0.3 is 5.97 Å². The molecule has 0 amide bonds. The molecule has 0 aliphatic carbocycles. The standard InChI is InChI=1S/C20H18N4O4S/c1-26-16-8-14-15(9-17(16)27-2)23-20(29-11-18(25)28-3)24-19(14)22-13-6-4-12(10-21)5-7-13/h4-9H,11H2,1-3H3,(H,22,23,24). The van der Waals surface area contributed by atoms with E-state index in [0.29, 0.717) is 33.6 Å². The molecule has 0 spiro atoms. The third-order valence-corrected chi connectivity index (χ3v) is 4.82. The molecule has 1 heterocycles. The number of nitriles is 1. The molecule has 0 aliphatic heterocycles. The Balaban J connectivity index is 2.07. The smallest absolute Gasteiger partial charge is 0.316 e. The van der Waals surface area contributed by atoms with Crippen LogP contribution in [0.4, 0.5) is 11.5 Å². The number of rotatable bonds is 7. The summed E-state index contributed by atoms with van der Waals surface area (Å²) in [7, 11) is 4.44. The van der Waals surface area contributed by atoms with Crippen molar-refractivity contribution in [3.05, 3.63) is 42.0 Å². The number of methoxy groups -OCH3 is 3. The number of benzene rings is 2. The lowest BCUT2D eigenvalue weighted by molar-refractivity contribution is -0.137. The largest absolute Gasteiger partial charge is 0.493 e. The second kappa shape index (κ2) is 9.12. The van der Waals surface area contributed by atoms with Crippen molar-refractivity contribution in [2.45, 2.75) is 5.16 Å². The zero-order valence-corrected chi connectivity index (χ0v) is 16.9. The monoisotopic (exact) mass is 410 g/mol. The van der Waals surface area contributed by atoms with Crippen molar-refractivity contribution in [3.63, 3.8) is 0 Å². The molecule has 29 heavy (non-hydrogen) atoms. The van der Waals surface area contributed by atoms with Crippen LogP contribution in [0.3, 0.4) is 0 Å². The number of nitrogens with zero attached hydrogens (tertiary/aromatic N) is 3. The predicted molar refractivity (Wildman–Crippen MR) is 110 cm³/mol. The Morgan fingerprint density at radius 1 is 1.10 bits per heavy atom. The zero-order valence-electron chi connectivity index (χ0n) is 16.1. The van der Waals surface area contributed by atoms with Crippen molar-refractivity contribution in [1.29, 1.82) is 5.26 Å². The number of nitrogens with one attached hydrogen (secondary N) is 1. The van der Waals surface area contributed by atoms with Gasteiger partial charge < -0.3 is 19.5 Å². The van der Waals surface area contributed by atoms with E-state index >= 15 is 0 Å². The summed E-state index contributed by atoms with van der Waals surface area (Å²) in [6.07, 6.45) is 0. The van der Waals surface area contributed by atoms with Crippen molar-refractivity contribution >= 4 is 40.1 Å². The first kappa shape index (κ1) is 20.2. The van der Waals surface area contributed by atoms with Gasteiger partial charge in [0.2, 0.25) is 0 Å². The van der Waals surface area contributed by atoms with Gasteiger partial charge in [-0.15, -0.1) is 0 Å². The van der Waals surface area contributed by atoms with Crippen LogP contribution in [0.2, 0.25) is 0 Å². The molecule has 0 aliphatic rings. The molecular weight excluding hydrogens is 392 g/mol. The van der Waals surface area contributed by atoms with Crippen molar-refractivity contribution in [1.82, 2.24) is 9.97 Å². The normalized spacial score (nSPS) is 10.3. The number of carbonyl (C=O) groups excluding carboxylic acids is 1. The zero-order chi connectivity index (χ0) is 20.8. The highest BCUT2D eigenvalue weighted by Crippen LogP contribution is 2.36. The molecule has 1 N–H and O–H groups in total. The fourth-order valence-electron chi connectivity index (χ4n) is 2.54. The highest BCUT2D eigenvalue weighted by atomic mass is 32.2. The average molecular weight is 410 g/mol. The number of carbonyl (C=O) groups is 1. The maximum absolute atomic E-state index is 11.5. The third-order valence-electron chi connectivity index (χ3n) is 4.00. The molecule has 2 aromatic carbocycles. The number of thioether (sulfide) groups is 1. The van der Waals surface area contributed by atoms with Crippen LogP contribution < -0.4 is 14.8 Å². The Morgan fingerprint density at radius 3 is 2.41 bits per heavy atom. The van der Waals surface area contributed by atoms with E-state index in [9.17, 15) is 4.79 Å². The molecule has 3 aromatic rings. The summed E-state index contributed by atoms with van der Waals surface area (Å²) in [5.74, 6) is 1.33. The molecule has 3 rings (SSSR count). The number of hydrogen-bond acceptors (Lipinski definition) is 9. The predicted octanol–water partition coefficient (Wildman–Crippen LogP) is 3.53. The maximum atomic E-state index is 11.5. The summed E-state index contributed by atoms with van der Waals surface area (Å²) in [4.78, 5) is 20.6. The Morgan fingerprint density at radius 2 is 1.79 bits per heavy atom. The molecule has 0 unspecified atom stereocenters. The molecule has 0 radical (unpaired) electrons. The summed E-state index contributed by atoms with van der Waals surface area (Å²) < 4.78 is 15.4. The first-order chi connectivity index (χ1) is 14.1. The molecule has 9 heteroatoms. The summed E-state index contributed by atoms with van der Waals surface area (Å²) in [5, 5.41) is 13.3. The van der Waals surface area contributed by atoms with Gasteiger partial charge in [0.25, 0.3) is 0 Å². The Labute approximate surface area is 171 Å². The van der Waals surface area contributed by atoms with E-state index in [0.717, 1.165) is 11.1 Å². The lowest BCUT2D eigenvalue weighted by Crippen LogP contribution is -2.05. The van der Waals surface area contributed by atoms with E-state index in [1.807, 2.05) is 0 Å². The van der Waals surface area contributed by atoms with Crippen molar-refractivity contribution in [3.8, 4) is 17.6 Å². The quantitative estimate of drug-likeness (QED) is 0.355. The minimum Gasteiger partial charge on any atom is -0.493 e. The van der Waals surface area contributed by atoms with Crippen LogP contribution in [-0.2, 0) is 9.53 Å². The molecule has 8 nitrogen and oxygen atoms in total. The average Bonchev–Trinajstić information content (AvgIpc) is 2.76. The van der Waals surface area contributed by atoms with Crippen LogP contribution in [0.25, 0.3) is 10.9 Å². The number of anilines is 2. The minimum absolute atomic E-state index is 0.0889. The van der Waals surface area contributed by atoms with Gasteiger partial charge in [0.15, 0.2) is 16.7 Å². The number of ether oxygens (including phenoxy) is 3. The van der Waals surface area contributed by atoms with E-state index in [4.69, 9.17) is 14.7 Å². The van der Waals surface area contributed by atoms with Gasteiger partial charge in [-0.25, -0.2) is 9.97 Å². The molecule has 148 valence electrons. The van der Waals surface area contributed by atoms with E-state index in [-0.39, 0.29) is 11.7 Å². The Kier molecular flexibility index (Phi) is 6.36. The second-order valence-electron chi connectivity index (χ2n) is 5.76. The van der Waals surface area contributed by atoms with Gasteiger partial charge in [-0.3, -0.25) is 4.79 Å². The van der Waals surface area contributed by atoms with E-state index in [2.05, 4.69) is 26.1 Å². The molecular formula is C20H18N4O4S. The number of esters is 1. The lowest BCUT2D eigenvalue weighted by Gasteiger charge is -2.14. The van der Waals surface area contributed by atoms with Crippen LogP contribution >= 0.6 is 11.8 Å². The first-order valence-corrected chi connectivity index (χ1v) is 9.47. The van der Waals surface area contributed by atoms with E-state index < -0.39 is 0 Å². The summed E-state index contributed by atoms with van der Waals surface area (Å²) in [6.45, 7) is 0. The lowest BCUT2D eigenvalue weighted by atomic mass is 10.2. The first-order valence-electron chi connectivity index (χ1n) is 8.48. The van der Waals surface area contributed by atoms with Crippen molar-refractivity contribution in [2.75, 3.05) is 32.4 Å². The van der Waals surface area contributed by atoms with Gasteiger partial charge in [0.1, 0.15) is 5.82 Å². The maximum Gasteiger partial charge on any atom is 0.316 e. The SMILES string of the molecule is COC(=O)CSc1nc(Nc2ccc(C#N)cc2)c2cc(OC)c(OC)cc2n1. The number of hydrogen-bond donors (Lipinski definition) is 1. The highest BCUT2D eigenvalue weighted by molar-refractivity contribution is 7.99. The van der Waals surface area contributed by atoms with Crippen LogP contribution in [0.1, 0.15) is 5.56 Å². The molecule has 0 fully saturated rings. The molecule has 0 atom stereocenters. The second-order valence-corrected chi connectivity index (χ2v) is 6.70. The van der Waals surface area contributed by atoms with Crippen molar-refractivity contribution < 1.29 is 19.0 Å². The topological polar surface area (TPSA) is 106 Å². The molecule has 1 aromatic heterocycles. The van der Waals surface area contributed by atoms with Crippen LogP contribution in [-0.4, -0.2) is 43.0 Å². The Hall–Kier alpha value is -3.51. The highest BCUT2D eigenvalue weighted by Gasteiger charge is 2.15. The molecule has 0 bridgehead atoms. The number of fused-ring (bicyclic) bond motifs is 1. The Bertz CT molecular complexity index is 1080. The summed E-state index contributed by atoms with van der Waals surface area (Å²) in [6, 6.07) is 12.6. The third kappa shape index (κ3) is 4.67. The fourth-order valence-corrected chi connectivity index (χ4v) is 3.22. The van der Waals surface area contributed by atoms with Gasteiger partial charge in [0.05, 0.1) is 44.2 Å². The summed E-state index contributed by atoms with van der Waals surface area (Å²) in [5.41, 5.74) is 1.94. The van der Waals surface area contributed by atoms with E-state index in [1.54, 1.807) is 50.6 Å². The van der Waals surface area contributed by atoms with Gasteiger partial charge in [-0.1, -0.05) is 11.8 Å². The van der Waals surface area contributed by atoms with Gasteiger partial charge in [0, 0.05) is 17.1 Å². The van der Waals surface area contributed by atoms with Crippen LogP contribution in [0.5, 0.6) is 11.5 Å².